The van der Waals surface area contributed by atoms with Crippen LogP contribution in [0.15, 0.2) is 47.1 Å². The van der Waals surface area contributed by atoms with E-state index in [2.05, 4.69) is 36.3 Å². The summed E-state index contributed by atoms with van der Waals surface area (Å²) in [6.45, 7) is 1.59. The van der Waals surface area contributed by atoms with Crippen LogP contribution in [0.25, 0.3) is 0 Å². The van der Waals surface area contributed by atoms with Gasteiger partial charge in [-0.1, -0.05) is 0 Å². The van der Waals surface area contributed by atoms with Gasteiger partial charge in [0.25, 0.3) is 0 Å². The van der Waals surface area contributed by atoms with Crippen LogP contribution in [0, 0.1) is 5.92 Å². The molecule has 0 spiro atoms. The van der Waals surface area contributed by atoms with Crippen molar-refractivity contribution in [3.63, 3.8) is 0 Å². The molecule has 0 radical (unpaired) electrons. The lowest BCUT2D eigenvalue weighted by Crippen LogP contribution is -2.41. The Kier molecular flexibility index (Phi) is 7.53. The number of amides is 2. The van der Waals surface area contributed by atoms with Crippen molar-refractivity contribution in [1.82, 2.24) is 9.88 Å². The average Bonchev–Trinajstić information content (AvgIpc) is 2.75. The molecule has 2 N–H and O–H groups in total. The van der Waals surface area contributed by atoms with E-state index in [9.17, 15) is 14.4 Å². The van der Waals surface area contributed by atoms with Gasteiger partial charge in [0.15, 0.2) is 0 Å². The summed E-state index contributed by atoms with van der Waals surface area (Å²) in [5, 5.41) is 5.66. The zero-order valence-electron chi connectivity index (χ0n) is 16.6. The molecule has 8 nitrogen and oxygen atoms in total. The van der Waals surface area contributed by atoms with E-state index in [1.54, 1.807) is 36.5 Å². The Morgan fingerprint density at radius 2 is 1.80 bits per heavy atom. The number of halogens is 1. The number of likely N-dealkylation sites (tertiary alicyclic amines) is 1. The number of carbonyl (C=O) groups excluding carboxylic acids is 3. The number of nitrogens with zero attached hydrogens (tertiary/aromatic N) is 2. The fourth-order valence-corrected chi connectivity index (χ4v) is 3.48. The summed E-state index contributed by atoms with van der Waals surface area (Å²) >= 11 is 3.32. The summed E-state index contributed by atoms with van der Waals surface area (Å²) in [5.74, 6) is -0.165. The second-order valence-electron chi connectivity index (χ2n) is 7.02. The maximum Gasteiger partial charge on any atom is 0.337 e. The van der Waals surface area contributed by atoms with E-state index in [-0.39, 0.29) is 24.3 Å². The third-order valence-corrected chi connectivity index (χ3v) is 5.36. The number of carbonyl (C=O) groups is 3. The SMILES string of the molecule is COC(=O)c1ccc(NC(=O)CN2CCC(C(=O)Nc3ccc(Br)cn3)CC2)cc1. The topological polar surface area (TPSA) is 101 Å². The molecule has 0 saturated carbocycles. The smallest absolute Gasteiger partial charge is 0.337 e. The summed E-state index contributed by atoms with van der Waals surface area (Å²) in [5.41, 5.74) is 1.04. The molecule has 1 saturated heterocycles. The van der Waals surface area contributed by atoms with Crippen LogP contribution >= 0.6 is 15.9 Å². The molecule has 158 valence electrons. The molecule has 1 aliphatic heterocycles. The number of esters is 1. The van der Waals surface area contributed by atoms with Crippen LogP contribution in [0.3, 0.4) is 0 Å². The minimum atomic E-state index is -0.421. The number of methoxy groups -OCH3 is 1. The van der Waals surface area contributed by atoms with Crippen LogP contribution in [0.5, 0.6) is 0 Å². The minimum absolute atomic E-state index is 0.0420. The lowest BCUT2D eigenvalue weighted by atomic mass is 9.96. The standard InChI is InChI=1S/C21H23BrN4O4/c1-30-21(29)15-2-5-17(6-3-15)24-19(27)13-26-10-8-14(9-11-26)20(28)25-18-7-4-16(22)12-23-18/h2-7,12,14H,8-11,13H2,1H3,(H,24,27)(H,23,25,28). The van der Waals surface area contributed by atoms with Crippen molar-refractivity contribution < 1.29 is 19.1 Å². The largest absolute Gasteiger partial charge is 0.465 e. The summed E-state index contributed by atoms with van der Waals surface area (Å²) < 4.78 is 5.51. The summed E-state index contributed by atoms with van der Waals surface area (Å²) in [6.07, 6.45) is 3.01. The summed E-state index contributed by atoms with van der Waals surface area (Å²) in [7, 11) is 1.32. The maximum absolute atomic E-state index is 12.4. The molecule has 0 bridgehead atoms. The predicted molar refractivity (Wildman–Crippen MR) is 116 cm³/mol. The molecule has 1 aromatic heterocycles. The molecule has 1 aromatic carbocycles. The van der Waals surface area contributed by atoms with Gasteiger partial charge in [-0.3, -0.25) is 14.5 Å². The van der Waals surface area contributed by atoms with Crippen LogP contribution in [0.1, 0.15) is 23.2 Å². The molecule has 9 heteroatoms. The number of nitrogens with one attached hydrogen (secondary N) is 2. The molecule has 2 heterocycles. The molecule has 2 amide bonds. The summed E-state index contributed by atoms with van der Waals surface area (Å²) in [4.78, 5) is 42.4. The highest BCUT2D eigenvalue weighted by atomic mass is 79.9. The van der Waals surface area contributed by atoms with Crippen molar-refractivity contribution in [3.05, 3.63) is 52.6 Å². The molecule has 1 aliphatic rings. The minimum Gasteiger partial charge on any atom is -0.465 e. The van der Waals surface area contributed by atoms with Gasteiger partial charge in [0.1, 0.15) is 5.82 Å². The Balaban J connectivity index is 1.42. The Bertz CT molecular complexity index is 894. The number of aromatic nitrogens is 1. The van der Waals surface area contributed by atoms with E-state index in [0.29, 0.717) is 43.0 Å². The van der Waals surface area contributed by atoms with Gasteiger partial charge >= 0.3 is 5.97 Å². The van der Waals surface area contributed by atoms with Crippen molar-refractivity contribution in [2.45, 2.75) is 12.8 Å². The lowest BCUT2D eigenvalue weighted by Gasteiger charge is -2.30. The molecule has 2 aromatic rings. The van der Waals surface area contributed by atoms with Gasteiger partial charge in [-0.25, -0.2) is 9.78 Å². The van der Waals surface area contributed by atoms with Gasteiger partial charge in [-0.2, -0.15) is 0 Å². The number of hydrogen-bond acceptors (Lipinski definition) is 6. The maximum atomic E-state index is 12.4. The first-order valence-corrected chi connectivity index (χ1v) is 10.4. The molecule has 0 atom stereocenters. The number of hydrogen-bond donors (Lipinski definition) is 2. The predicted octanol–water partition coefficient (Wildman–Crippen LogP) is 2.92. The monoisotopic (exact) mass is 474 g/mol. The summed E-state index contributed by atoms with van der Waals surface area (Å²) in [6, 6.07) is 10.1. The Morgan fingerprint density at radius 1 is 1.10 bits per heavy atom. The van der Waals surface area contributed by atoms with Crippen LogP contribution in [-0.2, 0) is 14.3 Å². The van der Waals surface area contributed by atoms with E-state index in [1.807, 2.05) is 11.0 Å². The van der Waals surface area contributed by atoms with E-state index in [1.165, 1.54) is 7.11 Å². The number of pyridine rings is 1. The number of benzene rings is 1. The van der Waals surface area contributed by atoms with Gasteiger partial charge in [0, 0.05) is 22.3 Å². The van der Waals surface area contributed by atoms with Crippen LogP contribution in [-0.4, -0.2) is 54.4 Å². The van der Waals surface area contributed by atoms with Crippen molar-refractivity contribution >= 4 is 45.2 Å². The zero-order chi connectivity index (χ0) is 21.5. The lowest BCUT2D eigenvalue weighted by molar-refractivity contribution is -0.121. The third-order valence-electron chi connectivity index (χ3n) is 4.89. The third kappa shape index (κ3) is 6.11. The van der Waals surface area contributed by atoms with E-state index in [0.717, 1.165) is 4.47 Å². The van der Waals surface area contributed by atoms with Crippen molar-refractivity contribution in [1.29, 1.82) is 0 Å². The van der Waals surface area contributed by atoms with Crippen LogP contribution in [0.2, 0.25) is 0 Å². The highest BCUT2D eigenvalue weighted by molar-refractivity contribution is 9.10. The van der Waals surface area contributed by atoms with Crippen LogP contribution in [0.4, 0.5) is 11.5 Å². The van der Waals surface area contributed by atoms with Crippen molar-refractivity contribution in [2.75, 3.05) is 37.4 Å². The van der Waals surface area contributed by atoms with Gasteiger partial charge in [-0.15, -0.1) is 0 Å². The first-order valence-electron chi connectivity index (χ1n) is 9.57. The van der Waals surface area contributed by atoms with Crippen molar-refractivity contribution in [2.24, 2.45) is 5.92 Å². The number of ether oxygens (including phenoxy) is 1. The molecular formula is C21H23BrN4O4. The van der Waals surface area contributed by atoms with Gasteiger partial charge in [0.05, 0.1) is 19.2 Å². The van der Waals surface area contributed by atoms with Crippen molar-refractivity contribution in [3.8, 4) is 0 Å². The Labute approximate surface area is 183 Å². The van der Waals surface area contributed by atoms with E-state index >= 15 is 0 Å². The molecule has 30 heavy (non-hydrogen) atoms. The number of rotatable bonds is 6. The first kappa shape index (κ1) is 21.9. The average molecular weight is 475 g/mol. The Morgan fingerprint density at radius 3 is 2.40 bits per heavy atom. The molecular weight excluding hydrogens is 452 g/mol. The second-order valence-corrected chi connectivity index (χ2v) is 7.93. The molecule has 1 fully saturated rings. The Hall–Kier alpha value is -2.78. The normalized spacial score (nSPS) is 14.7. The second kappa shape index (κ2) is 10.3. The van der Waals surface area contributed by atoms with Gasteiger partial charge in [0.2, 0.25) is 11.8 Å². The number of piperidine rings is 1. The highest BCUT2D eigenvalue weighted by Gasteiger charge is 2.26. The van der Waals surface area contributed by atoms with E-state index < -0.39 is 5.97 Å². The van der Waals surface area contributed by atoms with Gasteiger partial charge < -0.3 is 15.4 Å². The molecule has 3 rings (SSSR count). The zero-order valence-corrected chi connectivity index (χ0v) is 18.1. The quantitative estimate of drug-likeness (QED) is 0.624. The van der Waals surface area contributed by atoms with E-state index in [4.69, 9.17) is 0 Å². The fraction of sp³-hybridized carbons (Fsp3) is 0.333. The van der Waals surface area contributed by atoms with Crippen LogP contribution < -0.4 is 10.6 Å². The molecule has 0 aliphatic carbocycles. The number of anilines is 2. The molecule has 0 unspecified atom stereocenters. The fourth-order valence-electron chi connectivity index (χ4n) is 3.24. The van der Waals surface area contributed by atoms with Gasteiger partial charge in [-0.05, 0) is 78.3 Å². The highest BCUT2D eigenvalue weighted by Crippen LogP contribution is 2.20. The first-order chi connectivity index (χ1) is 14.4.